The smallest absolute Gasteiger partial charge is 0.433 e. The molecular formula is C12H7BrClF3N2O. The van der Waals surface area contributed by atoms with Crippen LogP contribution in [0.2, 0.25) is 5.28 Å². The molecule has 0 unspecified atom stereocenters. The van der Waals surface area contributed by atoms with Gasteiger partial charge in [0.1, 0.15) is 6.61 Å². The van der Waals surface area contributed by atoms with Gasteiger partial charge >= 0.3 is 6.18 Å². The first-order valence-corrected chi connectivity index (χ1v) is 6.51. The van der Waals surface area contributed by atoms with Crippen molar-refractivity contribution in [3.8, 4) is 5.88 Å². The third-order valence-corrected chi connectivity index (χ3v) is 2.96. The van der Waals surface area contributed by atoms with Gasteiger partial charge in [-0.05, 0) is 29.3 Å². The van der Waals surface area contributed by atoms with Gasteiger partial charge in [-0.2, -0.15) is 18.2 Å². The Kier molecular flexibility index (Phi) is 4.49. The van der Waals surface area contributed by atoms with E-state index in [0.29, 0.717) is 6.07 Å². The number of ether oxygens (including phenoxy) is 1. The summed E-state index contributed by atoms with van der Waals surface area (Å²) in [5.74, 6) is -0.222. The van der Waals surface area contributed by atoms with Crippen LogP contribution in [0, 0.1) is 0 Å². The van der Waals surface area contributed by atoms with E-state index < -0.39 is 17.2 Å². The molecule has 0 aliphatic carbocycles. The number of rotatable bonds is 3. The van der Waals surface area contributed by atoms with Crippen molar-refractivity contribution in [1.29, 1.82) is 0 Å². The molecule has 0 bridgehead atoms. The Morgan fingerprint density at radius 2 is 1.80 bits per heavy atom. The van der Waals surface area contributed by atoms with Gasteiger partial charge < -0.3 is 4.74 Å². The molecule has 0 saturated carbocycles. The topological polar surface area (TPSA) is 35.0 Å². The van der Waals surface area contributed by atoms with Gasteiger partial charge in [-0.15, -0.1) is 0 Å². The Morgan fingerprint density at radius 1 is 1.15 bits per heavy atom. The second-order valence-corrected chi connectivity index (χ2v) is 5.03. The van der Waals surface area contributed by atoms with Crippen molar-refractivity contribution in [2.45, 2.75) is 12.8 Å². The summed E-state index contributed by atoms with van der Waals surface area (Å²) in [5.41, 5.74) is -0.347. The minimum atomic E-state index is -4.59. The zero-order valence-electron chi connectivity index (χ0n) is 9.79. The van der Waals surface area contributed by atoms with Gasteiger partial charge in [0.05, 0.1) is 0 Å². The van der Waals surface area contributed by atoms with E-state index in [9.17, 15) is 13.2 Å². The van der Waals surface area contributed by atoms with Gasteiger partial charge in [0.25, 0.3) is 0 Å². The fourth-order valence-corrected chi connectivity index (χ4v) is 1.79. The SMILES string of the molecule is FC(F)(F)c1cc(OCc2ccc(Br)cc2)nc(Cl)n1. The van der Waals surface area contributed by atoms with E-state index in [1.54, 1.807) is 24.3 Å². The highest BCUT2D eigenvalue weighted by molar-refractivity contribution is 9.10. The fraction of sp³-hybridized carbons (Fsp3) is 0.167. The minimum Gasteiger partial charge on any atom is -0.473 e. The summed E-state index contributed by atoms with van der Waals surface area (Å²) in [6, 6.07) is 7.86. The molecule has 0 saturated heterocycles. The van der Waals surface area contributed by atoms with Gasteiger partial charge in [0, 0.05) is 10.5 Å². The van der Waals surface area contributed by atoms with Crippen LogP contribution in [0.4, 0.5) is 13.2 Å². The van der Waals surface area contributed by atoms with E-state index in [1.165, 1.54) is 0 Å². The summed E-state index contributed by atoms with van der Waals surface area (Å²) in [6.07, 6.45) is -4.59. The molecule has 0 spiro atoms. The molecule has 1 heterocycles. The first-order chi connectivity index (χ1) is 9.34. The van der Waals surface area contributed by atoms with Crippen LogP contribution >= 0.6 is 27.5 Å². The highest BCUT2D eigenvalue weighted by Crippen LogP contribution is 2.30. The molecule has 106 valence electrons. The lowest BCUT2D eigenvalue weighted by molar-refractivity contribution is -0.141. The van der Waals surface area contributed by atoms with Crippen LogP contribution in [0.5, 0.6) is 5.88 Å². The number of alkyl halides is 3. The Hall–Kier alpha value is -1.34. The molecule has 2 rings (SSSR count). The lowest BCUT2D eigenvalue weighted by atomic mass is 10.2. The second-order valence-electron chi connectivity index (χ2n) is 3.77. The van der Waals surface area contributed by atoms with Gasteiger partial charge in [-0.3, -0.25) is 0 Å². The molecule has 20 heavy (non-hydrogen) atoms. The molecule has 0 aliphatic heterocycles. The minimum absolute atomic E-state index is 0.0813. The summed E-state index contributed by atoms with van der Waals surface area (Å²) in [5, 5.41) is -0.509. The van der Waals surface area contributed by atoms with E-state index in [2.05, 4.69) is 25.9 Å². The predicted octanol–water partition coefficient (Wildman–Crippen LogP) is 4.49. The van der Waals surface area contributed by atoms with Crippen molar-refractivity contribution in [2.24, 2.45) is 0 Å². The predicted molar refractivity (Wildman–Crippen MR) is 70.5 cm³/mol. The van der Waals surface area contributed by atoms with Gasteiger partial charge in [-0.25, -0.2) is 4.98 Å². The van der Waals surface area contributed by atoms with Crippen LogP contribution in [-0.2, 0) is 12.8 Å². The van der Waals surface area contributed by atoms with Crippen molar-refractivity contribution in [3.63, 3.8) is 0 Å². The maximum atomic E-state index is 12.5. The van der Waals surface area contributed by atoms with E-state index in [-0.39, 0.29) is 12.5 Å². The first-order valence-electron chi connectivity index (χ1n) is 5.33. The number of benzene rings is 1. The average molecular weight is 368 g/mol. The zero-order chi connectivity index (χ0) is 14.8. The lowest BCUT2D eigenvalue weighted by Gasteiger charge is -2.09. The number of halogens is 5. The van der Waals surface area contributed by atoms with E-state index in [0.717, 1.165) is 10.0 Å². The van der Waals surface area contributed by atoms with Crippen LogP contribution in [-0.4, -0.2) is 9.97 Å². The Morgan fingerprint density at radius 3 is 2.40 bits per heavy atom. The largest absolute Gasteiger partial charge is 0.473 e. The quantitative estimate of drug-likeness (QED) is 0.750. The van der Waals surface area contributed by atoms with Crippen molar-refractivity contribution < 1.29 is 17.9 Å². The van der Waals surface area contributed by atoms with Crippen LogP contribution < -0.4 is 4.74 Å². The molecule has 0 atom stereocenters. The normalized spacial score (nSPS) is 11.4. The second kappa shape index (κ2) is 5.97. The van der Waals surface area contributed by atoms with Gasteiger partial charge in [0.15, 0.2) is 5.69 Å². The molecule has 8 heteroatoms. The maximum Gasteiger partial charge on any atom is 0.433 e. The number of nitrogens with zero attached hydrogens (tertiary/aromatic N) is 2. The standard InChI is InChI=1S/C12H7BrClF3N2O/c13-8-3-1-7(2-4-8)6-20-10-5-9(12(15,16)17)18-11(14)19-10/h1-5H,6H2. The van der Waals surface area contributed by atoms with E-state index in [1.807, 2.05) is 0 Å². The highest BCUT2D eigenvalue weighted by atomic mass is 79.9. The highest BCUT2D eigenvalue weighted by Gasteiger charge is 2.33. The summed E-state index contributed by atoms with van der Waals surface area (Å²) in [7, 11) is 0. The monoisotopic (exact) mass is 366 g/mol. The zero-order valence-corrected chi connectivity index (χ0v) is 12.1. The Bertz CT molecular complexity index is 605. The Labute approximate surface area is 125 Å². The van der Waals surface area contributed by atoms with Crippen LogP contribution in [0.25, 0.3) is 0 Å². The molecule has 3 nitrogen and oxygen atoms in total. The lowest BCUT2D eigenvalue weighted by Crippen LogP contribution is -2.10. The maximum absolute atomic E-state index is 12.5. The van der Waals surface area contributed by atoms with E-state index in [4.69, 9.17) is 16.3 Å². The summed E-state index contributed by atoms with van der Waals surface area (Å²) >= 11 is 8.73. The van der Waals surface area contributed by atoms with Gasteiger partial charge in [-0.1, -0.05) is 28.1 Å². The molecule has 0 amide bonds. The molecule has 0 N–H and O–H groups in total. The van der Waals surface area contributed by atoms with Gasteiger partial charge in [0.2, 0.25) is 11.2 Å². The summed E-state index contributed by atoms with van der Waals surface area (Å²) in [4.78, 5) is 6.72. The third-order valence-electron chi connectivity index (χ3n) is 2.27. The van der Waals surface area contributed by atoms with Crippen LogP contribution in [0.3, 0.4) is 0 Å². The van der Waals surface area contributed by atoms with Crippen LogP contribution in [0.1, 0.15) is 11.3 Å². The van der Waals surface area contributed by atoms with Crippen molar-refractivity contribution in [3.05, 3.63) is 51.3 Å². The molecule has 0 aliphatic rings. The number of aromatic nitrogens is 2. The fourth-order valence-electron chi connectivity index (χ4n) is 1.35. The molecule has 1 aromatic heterocycles. The van der Waals surface area contributed by atoms with Crippen molar-refractivity contribution in [2.75, 3.05) is 0 Å². The summed E-state index contributed by atoms with van der Waals surface area (Å²) < 4.78 is 43.7. The number of hydrogen-bond acceptors (Lipinski definition) is 3. The average Bonchev–Trinajstić information content (AvgIpc) is 2.36. The molecule has 1 aromatic carbocycles. The molecule has 2 aromatic rings. The van der Waals surface area contributed by atoms with Crippen LogP contribution in [0.15, 0.2) is 34.8 Å². The van der Waals surface area contributed by atoms with Crippen molar-refractivity contribution in [1.82, 2.24) is 9.97 Å². The Balaban J connectivity index is 2.13. The number of hydrogen-bond donors (Lipinski definition) is 0. The first kappa shape index (κ1) is 15.1. The van der Waals surface area contributed by atoms with E-state index >= 15 is 0 Å². The molecule has 0 fully saturated rings. The molecule has 0 radical (unpaired) electrons. The molecular weight excluding hydrogens is 360 g/mol. The third kappa shape index (κ3) is 4.08. The van der Waals surface area contributed by atoms with Crippen molar-refractivity contribution >= 4 is 27.5 Å². The summed E-state index contributed by atoms with van der Waals surface area (Å²) in [6.45, 7) is 0.0813.